The van der Waals surface area contributed by atoms with Crippen molar-refractivity contribution in [3.63, 3.8) is 0 Å². The van der Waals surface area contributed by atoms with Crippen LogP contribution in [0.25, 0.3) is 16.8 Å². The minimum Gasteiger partial charge on any atom is -0.461 e. The molecule has 0 bridgehead atoms. The first-order valence-corrected chi connectivity index (χ1v) is 18.6. The molecule has 4 saturated heterocycles. The minimum atomic E-state index is -0.831. The van der Waals surface area contributed by atoms with Crippen molar-refractivity contribution in [2.24, 2.45) is 0 Å². The van der Waals surface area contributed by atoms with Gasteiger partial charge in [-0.05, 0) is 56.2 Å². The second-order valence-electron chi connectivity index (χ2n) is 15.1. The number of aryl methyl sites for hydroxylation is 1. The molecule has 2 aromatic heterocycles. The lowest BCUT2D eigenvalue weighted by molar-refractivity contribution is -0.124. The van der Waals surface area contributed by atoms with Gasteiger partial charge in [0.05, 0.1) is 36.9 Å². The first kappa shape index (κ1) is 33.2. The molecule has 12 nitrogen and oxygen atoms in total. The van der Waals surface area contributed by atoms with Crippen molar-refractivity contribution in [2.45, 2.75) is 69.2 Å². The molecule has 5 aliphatic rings. The molecule has 7 heterocycles. The lowest BCUT2D eigenvalue weighted by Gasteiger charge is -2.35. The highest BCUT2D eigenvalue weighted by Gasteiger charge is 2.49. The van der Waals surface area contributed by atoms with E-state index in [1.54, 1.807) is 6.08 Å². The third-order valence-corrected chi connectivity index (χ3v) is 11.9. The average Bonchev–Trinajstić information content (AvgIpc) is 3.93. The van der Waals surface area contributed by atoms with Crippen LogP contribution in [-0.2, 0) is 22.5 Å². The molecule has 0 unspecified atom stereocenters. The van der Waals surface area contributed by atoms with Gasteiger partial charge in [-0.25, -0.2) is 4.39 Å². The molecule has 0 N–H and O–H groups in total. The Hall–Kier alpha value is -4.62. The van der Waals surface area contributed by atoms with Crippen molar-refractivity contribution in [2.75, 3.05) is 69.4 Å². The van der Waals surface area contributed by atoms with Gasteiger partial charge in [0.15, 0.2) is 5.82 Å². The Kier molecular flexibility index (Phi) is 8.57. The third-order valence-electron chi connectivity index (χ3n) is 11.9. The first-order chi connectivity index (χ1) is 25.3. The maximum absolute atomic E-state index is 14.6. The summed E-state index contributed by atoms with van der Waals surface area (Å²) in [5, 5.41) is 6.51. The Morgan fingerprint density at radius 3 is 2.83 bits per heavy atom. The summed E-state index contributed by atoms with van der Waals surface area (Å²) in [5.41, 5.74) is 4.20. The smallest absolute Gasteiger partial charge is 0.318 e. The van der Waals surface area contributed by atoms with E-state index in [2.05, 4.69) is 75.2 Å². The zero-order valence-electron chi connectivity index (χ0n) is 29.8. The molecule has 0 radical (unpaired) electrons. The molecular formula is C39H45FN8O4. The lowest BCUT2D eigenvalue weighted by atomic mass is 9.95. The molecule has 1 amide bonds. The molecule has 2 aromatic carbocycles. The van der Waals surface area contributed by atoms with Gasteiger partial charge in [-0.15, -0.1) is 0 Å². The Balaban J connectivity index is 0.965. The topological polar surface area (TPSA) is 113 Å². The van der Waals surface area contributed by atoms with Crippen LogP contribution in [0.3, 0.4) is 0 Å². The predicted molar refractivity (Wildman–Crippen MR) is 194 cm³/mol. The molecule has 13 heteroatoms. The van der Waals surface area contributed by atoms with E-state index in [1.807, 2.05) is 4.90 Å². The molecule has 0 aliphatic carbocycles. The maximum atomic E-state index is 14.6. The number of benzene rings is 2. The van der Waals surface area contributed by atoms with Crippen molar-refractivity contribution < 1.29 is 23.2 Å². The molecule has 4 fully saturated rings. The number of likely N-dealkylation sites (tertiary alicyclic amines) is 1. The number of aromatic nitrogens is 4. The molecular weight excluding hydrogens is 663 g/mol. The van der Waals surface area contributed by atoms with E-state index in [9.17, 15) is 9.18 Å². The summed E-state index contributed by atoms with van der Waals surface area (Å²) in [6.45, 7) is 7.73. The van der Waals surface area contributed by atoms with Gasteiger partial charge >= 0.3 is 6.01 Å². The van der Waals surface area contributed by atoms with E-state index in [4.69, 9.17) is 24.0 Å². The monoisotopic (exact) mass is 708 g/mol. The number of halogens is 1. The van der Waals surface area contributed by atoms with Crippen LogP contribution < -0.4 is 14.5 Å². The number of carbonyl (C=O) groups excluding carboxylic acids is 1. The van der Waals surface area contributed by atoms with Crippen LogP contribution in [0.15, 0.2) is 47.0 Å². The quantitative estimate of drug-likeness (QED) is 0.226. The van der Waals surface area contributed by atoms with E-state index >= 15 is 0 Å². The van der Waals surface area contributed by atoms with Gasteiger partial charge in [0.1, 0.15) is 18.6 Å². The molecule has 4 aromatic rings. The number of rotatable bonds is 9. The molecule has 9 rings (SSSR count). The largest absolute Gasteiger partial charge is 0.461 e. The molecule has 3 atom stereocenters. The van der Waals surface area contributed by atoms with Crippen molar-refractivity contribution in [3.05, 3.63) is 71.0 Å². The summed E-state index contributed by atoms with van der Waals surface area (Å²) in [6.07, 6.45) is 6.30. The Morgan fingerprint density at radius 1 is 1.12 bits per heavy atom. The molecule has 272 valence electrons. The zero-order chi connectivity index (χ0) is 35.4. The highest BCUT2D eigenvalue weighted by atomic mass is 19.1. The first-order valence-electron chi connectivity index (χ1n) is 18.6. The van der Waals surface area contributed by atoms with Crippen LogP contribution >= 0.6 is 0 Å². The van der Waals surface area contributed by atoms with Crippen LogP contribution in [0.2, 0.25) is 0 Å². The number of hydrogen-bond acceptors (Lipinski definition) is 11. The summed E-state index contributed by atoms with van der Waals surface area (Å²) in [6, 6.07) is 13.3. The van der Waals surface area contributed by atoms with Gasteiger partial charge in [-0.1, -0.05) is 35.5 Å². The zero-order valence-corrected chi connectivity index (χ0v) is 29.8. The fourth-order valence-electron chi connectivity index (χ4n) is 8.91. The van der Waals surface area contributed by atoms with Gasteiger partial charge in [-0.2, -0.15) is 15.0 Å². The van der Waals surface area contributed by atoms with E-state index < -0.39 is 6.17 Å². The van der Waals surface area contributed by atoms with Crippen molar-refractivity contribution >= 4 is 34.3 Å². The fraction of sp³-hybridized carbons (Fsp3) is 0.513. The van der Waals surface area contributed by atoms with Crippen molar-refractivity contribution in [1.82, 2.24) is 29.9 Å². The highest BCUT2D eigenvalue weighted by Crippen LogP contribution is 2.41. The number of ether oxygens (including phenoxy) is 2. The summed E-state index contributed by atoms with van der Waals surface area (Å²) in [7, 11) is 2.06. The standard InChI is InChI=1S/C39H45FN8O4/c1-25-6-3-7-26-8-4-9-32(35(25)26)46-17-13-30-31(21-46)41-38(51-24-39-14-5-15-48(39)19-28(40)18-39)43-37(30)45(2)29-12-16-47(20-29)34(49)11-10-33-42-36(44-52-33)27-22-50-23-27/h3-4,6-11,27-29H,5,12-24H2,1-2H3/b11-10+/t28-,29-,39+/m1/s1. The minimum absolute atomic E-state index is 0.0580. The number of likely N-dealkylation sites (N-methyl/N-ethyl adjacent to an activating group) is 1. The second kappa shape index (κ2) is 13.4. The second-order valence-corrected chi connectivity index (χ2v) is 15.1. The number of amides is 1. The van der Waals surface area contributed by atoms with E-state index in [1.165, 1.54) is 28.1 Å². The van der Waals surface area contributed by atoms with Crippen LogP contribution in [-0.4, -0.2) is 113 Å². The van der Waals surface area contributed by atoms with Crippen LogP contribution in [0, 0.1) is 6.92 Å². The Bertz CT molecular complexity index is 2010. The van der Waals surface area contributed by atoms with E-state index in [-0.39, 0.29) is 23.4 Å². The van der Waals surface area contributed by atoms with Crippen LogP contribution in [0.5, 0.6) is 6.01 Å². The molecule has 52 heavy (non-hydrogen) atoms. The Morgan fingerprint density at radius 2 is 1.98 bits per heavy atom. The summed E-state index contributed by atoms with van der Waals surface area (Å²) in [4.78, 5) is 36.5. The van der Waals surface area contributed by atoms with Gasteiger partial charge in [0.2, 0.25) is 5.91 Å². The van der Waals surface area contributed by atoms with Crippen molar-refractivity contribution in [1.29, 1.82) is 0 Å². The predicted octanol–water partition coefficient (Wildman–Crippen LogP) is 4.70. The Labute approximate surface area is 302 Å². The van der Waals surface area contributed by atoms with Crippen LogP contribution in [0.4, 0.5) is 15.9 Å². The van der Waals surface area contributed by atoms with Gasteiger partial charge in [0, 0.05) is 74.5 Å². The number of carbonyl (C=O) groups is 1. The van der Waals surface area contributed by atoms with Gasteiger partial charge in [-0.3, -0.25) is 9.69 Å². The number of fused-ring (bicyclic) bond motifs is 3. The number of hydrogen-bond donors (Lipinski definition) is 0. The lowest BCUT2D eigenvalue weighted by Crippen LogP contribution is -2.44. The van der Waals surface area contributed by atoms with Crippen LogP contribution in [0.1, 0.15) is 60.1 Å². The summed E-state index contributed by atoms with van der Waals surface area (Å²) < 4.78 is 31.6. The highest BCUT2D eigenvalue weighted by molar-refractivity contribution is 5.97. The summed E-state index contributed by atoms with van der Waals surface area (Å²) >= 11 is 0. The number of nitrogens with zero attached hydrogens (tertiary/aromatic N) is 8. The number of alkyl halides is 1. The molecule has 0 spiro atoms. The normalized spacial score (nSPS) is 24.8. The fourth-order valence-corrected chi connectivity index (χ4v) is 8.91. The molecule has 5 aliphatic heterocycles. The van der Waals surface area contributed by atoms with Crippen molar-refractivity contribution in [3.8, 4) is 6.01 Å². The van der Waals surface area contributed by atoms with Gasteiger partial charge < -0.3 is 28.7 Å². The molecule has 0 saturated carbocycles. The maximum Gasteiger partial charge on any atom is 0.318 e. The average molecular weight is 709 g/mol. The van der Waals surface area contributed by atoms with E-state index in [0.717, 1.165) is 55.8 Å². The summed E-state index contributed by atoms with van der Waals surface area (Å²) in [5.74, 6) is 1.83. The SMILES string of the molecule is Cc1cccc2cccc(N3CCc4c(nc(OC[C@@]56CCCN5C[C@H](F)C6)nc4N(C)[C@@H]4CCN(C(=O)/C=C/c5nc(C6COC6)no5)C4)C3)c12. The third kappa shape index (κ3) is 6.07. The van der Waals surface area contributed by atoms with Gasteiger partial charge in [0.25, 0.3) is 5.89 Å². The number of anilines is 2. The van der Waals surface area contributed by atoms with E-state index in [0.29, 0.717) is 70.1 Å².